The van der Waals surface area contributed by atoms with Gasteiger partial charge < -0.3 is 5.11 Å². The van der Waals surface area contributed by atoms with Gasteiger partial charge in [-0.25, -0.2) is 9.82 Å². The Bertz CT molecular complexity index is 720. The zero-order valence-corrected chi connectivity index (χ0v) is 12.0. The summed E-state index contributed by atoms with van der Waals surface area (Å²) in [5, 5.41) is 13.7. The van der Waals surface area contributed by atoms with Gasteiger partial charge in [-0.1, -0.05) is 35.3 Å². The summed E-state index contributed by atoms with van der Waals surface area (Å²) in [7, 11) is 0. The van der Waals surface area contributed by atoms with Crippen LogP contribution in [-0.2, 0) is 0 Å². The topological polar surface area (TPSA) is 61.7 Å². The second kappa shape index (κ2) is 6.56. The van der Waals surface area contributed by atoms with Crippen LogP contribution in [0.5, 0.6) is 5.75 Å². The molecule has 2 N–H and O–H groups in total. The van der Waals surface area contributed by atoms with E-state index in [1.807, 2.05) is 0 Å². The highest BCUT2D eigenvalue weighted by molar-refractivity contribution is 6.36. The Kier molecular flexibility index (Phi) is 4.77. The number of halogens is 3. The zero-order valence-electron chi connectivity index (χ0n) is 10.5. The molecule has 0 unspecified atom stereocenters. The maximum atomic E-state index is 13.4. The average Bonchev–Trinajstić information content (AvgIpc) is 2.44. The largest absolute Gasteiger partial charge is 0.506 e. The molecule has 0 atom stereocenters. The van der Waals surface area contributed by atoms with Crippen LogP contribution in [0.25, 0.3) is 0 Å². The molecule has 0 aliphatic heterocycles. The highest BCUT2D eigenvalue weighted by Gasteiger charge is 2.10. The number of hydrazone groups is 1. The van der Waals surface area contributed by atoms with E-state index in [0.29, 0.717) is 5.02 Å². The van der Waals surface area contributed by atoms with Gasteiger partial charge in [0.2, 0.25) is 0 Å². The lowest BCUT2D eigenvalue weighted by molar-refractivity contribution is 0.0951. The molecule has 0 saturated carbocycles. The van der Waals surface area contributed by atoms with Gasteiger partial charge in [0.05, 0.1) is 16.8 Å². The monoisotopic (exact) mass is 326 g/mol. The molecule has 0 radical (unpaired) electrons. The lowest BCUT2D eigenvalue weighted by Crippen LogP contribution is -2.18. The van der Waals surface area contributed by atoms with Crippen molar-refractivity contribution in [3.05, 3.63) is 63.4 Å². The molecule has 0 fully saturated rings. The van der Waals surface area contributed by atoms with Gasteiger partial charge in [0, 0.05) is 10.6 Å². The number of carbonyl (C=O) groups excluding carboxylic acids is 1. The van der Waals surface area contributed by atoms with Gasteiger partial charge in [0.1, 0.15) is 11.6 Å². The number of carbonyl (C=O) groups is 1. The summed E-state index contributed by atoms with van der Waals surface area (Å²) >= 11 is 11.5. The van der Waals surface area contributed by atoms with Gasteiger partial charge in [-0.15, -0.1) is 0 Å². The smallest absolute Gasteiger partial charge is 0.274 e. The maximum Gasteiger partial charge on any atom is 0.274 e. The molecule has 0 aliphatic carbocycles. The Hall–Kier alpha value is -2.11. The van der Waals surface area contributed by atoms with Crippen molar-refractivity contribution in [3.63, 3.8) is 0 Å². The molecular weight excluding hydrogens is 318 g/mol. The van der Waals surface area contributed by atoms with Crippen LogP contribution in [-0.4, -0.2) is 17.2 Å². The maximum absolute atomic E-state index is 13.4. The van der Waals surface area contributed by atoms with E-state index in [9.17, 15) is 14.3 Å². The van der Waals surface area contributed by atoms with Crippen LogP contribution in [0.3, 0.4) is 0 Å². The van der Waals surface area contributed by atoms with E-state index in [0.717, 1.165) is 6.21 Å². The van der Waals surface area contributed by atoms with Gasteiger partial charge in [-0.2, -0.15) is 5.10 Å². The summed E-state index contributed by atoms with van der Waals surface area (Å²) in [5.74, 6) is -1.58. The standard InChI is InChI=1S/C14H9Cl2FN2O2/c15-9-5-8(13(20)11(16)6-9)7-18-19-14(21)10-3-1-2-4-12(10)17/h1-7,20H,(H,19,21)/b18-7+. The fourth-order valence-corrected chi connectivity index (χ4v) is 2.06. The minimum absolute atomic E-state index is 0.0596. The Morgan fingerprint density at radius 1 is 1.29 bits per heavy atom. The first kappa shape index (κ1) is 15.3. The summed E-state index contributed by atoms with van der Waals surface area (Å²) in [5.41, 5.74) is 2.23. The predicted octanol–water partition coefficient (Wildman–Crippen LogP) is 3.60. The Morgan fingerprint density at radius 2 is 2.00 bits per heavy atom. The van der Waals surface area contributed by atoms with Crippen LogP contribution >= 0.6 is 23.2 Å². The second-order valence-corrected chi connectivity index (χ2v) is 4.85. The first-order valence-electron chi connectivity index (χ1n) is 5.75. The third-order valence-corrected chi connectivity index (χ3v) is 3.05. The Labute approximate surface area is 129 Å². The van der Waals surface area contributed by atoms with Crippen LogP contribution in [0.1, 0.15) is 15.9 Å². The molecule has 0 heterocycles. The molecule has 108 valence electrons. The number of nitrogens with one attached hydrogen (secondary N) is 1. The lowest BCUT2D eigenvalue weighted by Gasteiger charge is -2.03. The van der Waals surface area contributed by atoms with Crippen LogP contribution in [0.4, 0.5) is 4.39 Å². The minimum Gasteiger partial charge on any atom is -0.506 e. The van der Waals surface area contributed by atoms with E-state index in [2.05, 4.69) is 10.5 Å². The van der Waals surface area contributed by atoms with Crippen LogP contribution in [0, 0.1) is 5.82 Å². The number of rotatable bonds is 3. The van der Waals surface area contributed by atoms with E-state index in [1.54, 1.807) is 0 Å². The van der Waals surface area contributed by atoms with E-state index < -0.39 is 11.7 Å². The van der Waals surface area contributed by atoms with Crippen molar-refractivity contribution in [3.8, 4) is 5.75 Å². The number of hydrogen-bond acceptors (Lipinski definition) is 3. The lowest BCUT2D eigenvalue weighted by atomic mass is 10.2. The molecule has 2 aromatic rings. The molecule has 4 nitrogen and oxygen atoms in total. The molecule has 1 amide bonds. The molecule has 0 saturated heterocycles. The van der Waals surface area contributed by atoms with Crippen molar-refractivity contribution < 1.29 is 14.3 Å². The van der Waals surface area contributed by atoms with Crippen molar-refractivity contribution in [1.82, 2.24) is 5.43 Å². The van der Waals surface area contributed by atoms with Crippen molar-refractivity contribution in [2.75, 3.05) is 0 Å². The molecule has 0 aliphatic rings. The average molecular weight is 327 g/mol. The first-order chi connectivity index (χ1) is 9.99. The van der Waals surface area contributed by atoms with Crippen molar-refractivity contribution in [2.24, 2.45) is 5.10 Å². The van der Waals surface area contributed by atoms with Crippen molar-refractivity contribution in [1.29, 1.82) is 0 Å². The summed E-state index contributed by atoms with van der Waals surface area (Å²) in [6.45, 7) is 0. The molecule has 2 aromatic carbocycles. The quantitative estimate of drug-likeness (QED) is 0.668. The summed E-state index contributed by atoms with van der Waals surface area (Å²) < 4.78 is 13.4. The normalized spacial score (nSPS) is 10.8. The number of phenolic OH excluding ortho intramolecular Hbond substituents is 1. The molecule has 21 heavy (non-hydrogen) atoms. The number of phenols is 1. The first-order valence-corrected chi connectivity index (χ1v) is 6.50. The number of hydrogen-bond donors (Lipinski definition) is 2. The van der Waals surface area contributed by atoms with Crippen LogP contribution in [0.15, 0.2) is 41.5 Å². The number of aromatic hydroxyl groups is 1. The minimum atomic E-state index is -0.711. The molecular formula is C14H9Cl2FN2O2. The predicted molar refractivity (Wildman–Crippen MR) is 79.6 cm³/mol. The number of amides is 1. The number of benzene rings is 2. The molecule has 7 heteroatoms. The molecule has 0 spiro atoms. The molecule has 2 rings (SSSR count). The van der Waals surface area contributed by atoms with Gasteiger partial charge >= 0.3 is 0 Å². The van der Waals surface area contributed by atoms with Crippen molar-refractivity contribution in [2.45, 2.75) is 0 Å². The van der Waals surface area contributed by atoms with Crippen LogP contribution in [0.2, 0.25) is 10.0 Å². The second-order valence-electron chi connectivity index (χ2n) is 4.00. The van der Waals surface area contributed by atoms with Gasteiger partial charge in [0.25, 0.3) is 5.91 Å². The Morgan fingerprint density at radius 3 is 2.71 bits per heavy atom. The van der Waals surface area contributed by atoms with Crippen molar-refractivity contribution >= 4 is 35.3 Å². The highest BCUT2D eigenvalue weighted by Crippen LogP contribution is 2.29. The third kappa shape index (κ3) is 3.71. The van der Waals surface area contributed by atoms with E-state index in [4.69, 9.17) is 23.2 Å². The fraction of sp³-hybridized carbons (Fsp3) is 0. The summed E-state index contributed by atoms with van der Waals surface area (Å²) in [4.78, 5) is 11.7. The van der Waals surface area contributed by atoms with E-state index in [1.165, 1.54) is 36.4 Å². The van der Waals surface area contributed by atoms with E-state index >= 15 is 0 Å². The highest BCUT2D eigenvalue weighted by atomic mass is 35.5. The summed E-state index contributed by atoms with van der Waals surface area (Å²) in [6, 6.07) is 8.29. The van der Waals surface area contributed by atoms with Gasteiger partial charge in [0.15, 0.2) is 0 Å². The van der Waals surface area contributed by atoms with Gasteiger partial charge in [-0.05, 0) is 24.3 Å². The zero-order chi connectivity index (χ0) is 15.4. The molecule has 0 bridgehead atoms. The van der Waals surface area contributed by atoms with Gasteiger partial charge in [-0.3, -0.25) is 4.79 Å². The van der Waals surface area contributed by atoms with E-state index in [-0.39, 0.29) is 21.9 Å². The molecule has 0 aromatic heterocycles. The summed E-state index contributed by atoms with van der Waals surface area (Å²) in [6.07, 6.45) is 1.16. The Balaban J connectivity index is 2.13. The van der Waals surface area contributed by atoms with Crippen LogP contribution < -0.4 is 5.43 Å². The third-order valence-electron chi connectivity index (χ3n) is 2.55. The fourth-order valence-electron chi connectivity index (χ4n) is 1.55. The number of nitrogens with zero attached hydrogens (tertiary/aromatic N) is 1. The SMILES string of the molecule is O=C(N/N=C/c1cc(Cl)cc(Cl)c1O)c1ccccc1F.